The Morgan fingerprint density at radius 2 is 1.89 bits per heavy atom. The van der Waals surface area contributed by atoms with Crippen molar-refractivity contribution in [3.05, 3.63) is 12.2 Å². The van der Waals surface area contributed by atoms with Crippen LogP contribution in [0.5, 0.6) is 0 Å². The molecule has 0 bridgehead atoms. The van der Waals surface area contributed by atoms with Gasteiger partial charge in [-0.15, -0.1) is 0 Å². The molecule has 0 aromatic heterocycles. The molecule has 0 spiro atoms. The fourth-order valence-corrected chi connectivity index (χ4v) is 4.85. The molecule has 4 heteroatoms. The molecule has 1 aliphatic rings. The number of β-lactam (4-membered cyclic amide) rings is 1. The normalized spacial score (nSPS) is 27.6. The summed E-state index contributed by atoms with van der Waals surface area (Å²) >= 11 is 0. The van der Waals surface area contributed by atoms with Crippen LogP contribution in [0.15, 0.2) is 12.2 Å². The van der Waals surface area contributed by atoms with Crippen LogP contribution in [0.4, 0.5) is 0 Å². The number of rotatable bonds is 3. The van der Waals surface area contributed by atoms with E-state index in [-0.39, 0.29) is 22.9 Å². The van der Waals surface area contributed by atoms with Crippen molar-refractivity contribution >= 4 is 14.1 Å². The lowest BCUT2D eigenvalue weighted by atomic mass is 9.86. The number of aliphatic hydroxyl groups is 1. The highest BCUT2D eigenvalue weighted by molar-refractivity contribution is 6.80. The average Bonchev–Trinajstić information content (AvgIpc) is 2.13. The lowest BCUT2D eigenvalue weighted by molar-refractivity contribution is -0.151. The first-order chi connectivity index (χ1) is 8.05. The van der Waals surface area contributed by atoms with Gasteiger partial charge in [-0.2, -0.15) is 0 Å². The summed E-state index contributed by atoms with van der Waals surface area (Å²) in [7, 11) is -1.85. The van der Waals surface area contributed by atoms with Gasteiger partial charge in [-0.1, -0.05) is 46.0 Å². The molecule has 1 N–H and O–H groups in total. The SMILES string of the molecule is CC=CC1C(C(C)O)C(=O)N1[Si](C)(C)C(C)(C)C. The van der Waals surface area contributed by atoms with Crippen molar-refractivity contribution in [1.29, 1.82) is 0 Å². The Bertz CT molecular complexity index is 355. The molecular weight excluding hydrogens is 242 g/mol. The number of allylic oxidation sites excluding steroid dienone is 1. The third kappa shape index (κ3) is 2.28. The lowest BCUT2D eigenvalue weighted by Crippen LogP contribution is -2.73. The molecule has 0 saturated carbocycles. The first-order valence-corrected chi connectivity index (χ1v) is 9.64. The molecule has 1 heterocycles. The second-order valence-electron chi connectivity index (χ2n) is 6.80. The van der Waals surface area contributed by atoms with Crippen LogP contribution in [0.25, 0.3) is 0 Å². The van der Waals surface area contributed by atoms with Crippen LogP contribution in [0.2, 0.25) is 18.1 Å². The molecule has 0 aliphatic carbocycles. The number of carbonyl (C=O) groups excluding carboxylic acids is 1. The van der Waals surface area contributed by atoms with Gasteiger partial charge in [0.25, 0.3) is 0 Å². The van der Waals surface area contributed by atoms with E-state index in [1.165, 1.54) is 0 Å². The number of nitrogens with zero attached hydrogens (tertiary/aromatic N) is 1. The van der Waals surface area contributed by atoms with Crippen molar-refractivity contribution in [3.63, 3.8) is 0 Å². The van der Waals surface area contributed by atoms with Gasteiger partial charge in [0.2, 0.25) is 5.91 Å². The van der Waals surface area contributed by atoms with Crippen LogP contribution in [0.3, 0.4) is 0 Å². The van der Waals surface area contributed by atoms with E-state index in [0.717, 1.165) is 0 Å². The molecule has 1 amide bonds. The maximum absolute atomic E-state index is 12.3. The van der Waals surface area contributed by atoms with Gasteiger partial charge < -0.3 is 9.67 Å². The van der Waals surface area contributed by atoms with E-state index >= 15 is 0 Å². The molecule has 104 valence electrons. The predicted octanol–water partition coefficient (Wildman–Crippen LogP) is 2.78. The van der Waals surface area contributed by atoms with Crippen LogP contribution < -0.4 is 0 Å². The topological polar surface area (TPSA) is 40.5 Å². The number of hydrogen-bond acceptors (Lipinski definition) is 2. The van der Waals surface area contributed by atoms with E-state index in [0.29, 0.717) is 0 Å². The maximum Gasteiger partial charge on any atom is 0.223 e. The van der Waals surface area contributed by atoms with Crippen LogP contribution >= 0.6 is 0 Å². The van der Waals surface area contributed by atoms with Crippen LogP contribution in [-0.2, 0) is 4.79 Å². The summed E-state index contributed by atoms with van der Waals surface area (Å²) in [5.41, 5.74) is 0. The summed E-state index contributed by atoms with van der Waals surface area (Å²) in [6.45, 7) is 14.8. The summed E-state index contributed by atoms with van der Waals surface area (Å²) in [6.07, 6.45) is 3.46. The first kappa shape index (κ1) is 15.4. The van der Waals surface area contributed by atoms with Crippen molar-refractivity contribution in [3.8, 4) is 0 Å². The van der Waals surface area contributed by atoms with Crippen LogP contribution in [-0.4, -0.2) is 36.0 Å². The molecular formula is C14H27NO2Si. The van der Waals surface area contributed by atoms with Gasteiger partial charge in [-0.3, -0.25) is 4.79 Å². The van der Waals surface area contributed by atoms with Crippen molar-refractivity contribution in [1.82, 2.24) is 4.57 Å². The predicted molar refractivity (Wildman–Crippen MR) is 77.8 cm³/mol. The van der Waals surface area contributed by atoms with E-state index in [2.05, 4.69) is 44.5 Å². The molecule has 0 radical (unpaired) electrons. The maximum atomic E-state index is 12.3. The van der Waals surface area contributed by atoms with Gasteiger partial charge >= 0.3 is 0 Å². The third-order valence-electron chi connectivity index (χ3n) is 4.54. The van der Waals surface area contributed by atoms with Gasteiger partial charge in [0.05, 0.1) is 18.1 Å². The van der Waals surface area contributed by atoms with E-state index < -0.39 is 14.3 Å². The fraction of sp³-hybridized carbons (Fsp3) is 0.786. The van der Waals surface area contributed by atoms with Crippen molar-refractivity contribution in [2.75, 3.05) is 0 Å². The Morgan fingerprint density at radius 3 is 2.22 bits per heavy atom. The Hall–Kier alpha value is -0.613. The first-order valence-electron chi connectivity index (χ1n) is 6.69. The fourth-order valence-electron chi connectivity index (χ4n) is 2.44. The summed E-state index contributed by atoms with van der Waals surface area (Å²) in [6, 6.07) is 0.0726. The van der Waals surface area contributed by atoms with E-state index in [9.17, 15) is 9.90 Å². The highest BCUT2D eigenvalue weighted by Gasteiger charge is 2.57. The van der Waals surface area contributed by atoms with Crippen LogP contribution in [0, 0.1) is 5.92 Å². The van der Waals surface area contributed by atoms with Gasteiger partial charge in [0.1, 0.15) is 0 Å². The average molecular weight is 269 g/mol. The van der Waals surface area contributed by atoms with Gasteiger partial charge in [-0.25, -0.2) is 0 Å². The highest BCUT2D eigenvalue weighted by Crippen LogP contribution is 2.45. The molecule has 1 aliphatic heterocycles. The van der Waals surface area contributed by atoms with Gasteiger partial charge in [0, 0.05) is 0 Å². The Labute approximate surface area is 112 Å². The number of carbonyl (C=O) groups is 1. The van der Waals surface area contributed by atoms with Gasteiger partial charge in [-0.05, 0) is 18.9 Å². The third-order valence-corrected chi connectivity index (χ3v) is 9.93. The molecule has 3 atom stereocenters. The minimum atomic E-state index is -1.85. The van der Waals surface area contributed by atoms with Crippen molar-refractivity contribution < 1.29 is 9.90 Å². The van der Waals surface area contributed by atoms with Crippen molar-refractivity contribution in [2.24, 2.45) is 5.92 Å². The molecule has 18 heavy (non-hydrogen) atoms. The molecule has 1 rings (SSSR count). The summed E-state index contributed by atoms with van der Waals surface area (Å²) in [5.74, 6) is -0.130. The standard InChI is InChI=1S/C14H27NO2Si/c1-8-9-11-12(10(2)16)13(17)15(11)18(6,7)14(3,4)5/h8-12,16H,1-7H3. The molecule has 3 nitrogen and oxygen atoms in total. The molecule has 0 aromatic rings. The highest BCUT2D eigenvalue weighted by atomic mass is 28.3. The molecule has 1 saturated heterocycles. The Morgan fingerprint density at radius 1 is 1.39 bits per heavy atom. The molecule has 1 fully saturated rings. The van der Waals surface area contributed by atoms with E-state index in [4.69, 9.17) is 0 Å². The summed E-state index contributed by atoms with van der Waals surface area (Å²) in [4.78, 5) is 12.3. The minimum absolute atomic E-state index is 0.0726. The summed E-state index contributed by atoms with van der Waals surface area (Å²) in [5, 5.41) is 9.89. The molecule has 0 aromatic carbocycles. The van der Waals surface area contributed by atoms with Crippen LogP contribution in [0.1, 0.15) is 34.6 Å². The lowest BCUT2D eigenvalue weighted by Gasteiger charge is -2.58. The second kappa shape index (κ2) is 4.81. The zero-order chi connectivity index (χ0) is 14.3. The van der Waals surface area contributed by atoms with E-state index in [1.54, 1.807) is 6.92 Å². The number of hydrogen-bond donors (Lipinski definition) is 1. The Balaban J connectivity index is 3.07. The molecule has 3 unspecified atom stereocenters. The largest absolute Gasteiger partial charge is 0.392 e. The number of aliphatic hydroxyl groups excluding tert-OH is 1. The monoisotopic (exact) mass is 269 g/mol. The van der Waals surface area contributed by atoms with Gasteiger partial charge in [0.15, 0.2) is 8.24 Å². The second-order valence-corrected chi connectivity index (χ2v) is 11.9. The number of amides is 1. The smallest absolute Gasteiger partial charge is 0.223 e. The minimum Gasteiger partial charge on any atom is -0.392 e. The zero-order valence-corrected chi connectivity index (χ0v) is 13.7. The van der Waals surface area contributed by atoms with E-state index in [1.807, 2.05) is 13.0 Å². The Kier molecular flexibility index (Phi) is 4.13. The van der Waals surface area contributed by atoms with Crippen molar-refractivity contribution in [2.45, 2.75) is 64.9 Å². The zero-order valence-electron chi connectivity index (χ0n) is 12.7. The quantitative estimate of drug-likeness (QED) is 0.486. The summed E-state index contributed by atoms with van der Waals surface area (Å²) < 4.78 is 2.06.